The molecule has 0 spiro atoms. The lowest BCUT2D eigenvalue weighted by atomic mass is 10.1. The molecule has 4 nitrogen and oxygen atoms in total. The van der Waals surface area contributed by atoms with Crippen LogP contribution in [0.25, 0.3) is 0 Å². The van der Waals surface area contributed by atoms with Gasteiger partial charge in [0, 0.05) is 31.4 Å². The number of aromatic nitrogens is 2. The maximum Gasteiger partial charge on any atom is 0.0641 e. The van der Waals surface area contributed by atoms with E-state index in [4.69, 9.17) is 5.73 Å². The van der Waals surface area contributed by atoms with Gasteiger partial charge in [-0.15, -0.1) is 0 Å². The first-order chi connectivity index (χ1) is 6.69. The molecular formula is C10H20N4. The van der Waals surface area contributed by atoms with Crippen molar-refractivity contribution in [1.29, 1.82) is 0 Å². The summed E-state index contributed by atoms with van der Waals surface area (Å²) in [6, 6.07) is 0.239. The third-order valence-corrected chi connectivity index (χ3v) is 2.30. The van der Waals surface area contributed by atoms with Gasteiger partial charge in [0.15, 0.2) is 0 Å². The molecule has 1 aromatic rings. The summed E-state index contributed by atoms with van der Waals surface area (Å²) in [6.07, 6.45) is 3.16. The molecule has 3 N–H and O–H groups in total. The van der Waals surface area contributed by atoms with E-state index in [1.807, 2.05) is 24.9 Å². The van der Waals surface area contributed by atoms with Crippen LogP contribution in [0.1, 0.15) is 30.6 Å². The van der Waals surface area contributed by atoms with Crippen LogP contribution < -0.4 is 11.1 Å². The average Bonchev–Trinajstić information content (AvgIpc) is 2.47. The van der Waals surface area contributed by atoms with Gasteiger partial charge in [0.1, 0.15) is 0 Å². The van der Waals surface area contributed by atoms with Gasteiger partial charge in [0.2, 0.25) is 0 Å². The van der Waals surface area contributed by atoms with Crippen LogP contribution in [0.2, 0.25) is 0 Å². The molecule has 0 fully saturated rings. The van der Waals surface area contributed by atoms with Gasteiger partial charge in [0.05, 0.1) is 5.69 Å². The van der Waals surface area contributed by atoms with Gasteiger partial charge in [-0.2, -0.15) is 5.10 Å². The number of hydrogen-bond acceptors (Lipinski definition) is 3. The third kappa shape index (κ3) is 2.56. The van der Waals surface area contributed by atoms with Crippen LogP contribution in [0.15, 0.2) is 6.20 Å². The summed E-state index contributed by atoms with van der Waals surface area (Å²) in [5, 5.41) is 7.72. The Morgan fingerprint density at radius 2 is 2.36 bits per heavy atom. The van der Waals surface area contributed by atoms with E-state index in [-0.39, 0.29) is 6.04 Å². The van der Waals surface area contributed by atoms with Crippen LogP contribution in [0.3, 0.4) is 0 Å². The Labute approximate surface area is 85.5 Å². The molecule has 1 aromatic heterocycles. The summed E-state index contributed by atoms with van der Waals surface area (Å²) in [5.41, 5.74) is 8.00. The Kier molecular flexibility index (Phi) is 4.10. The molecule has 0 bridgehead atoms. The van der Waals surface area contributed by atoms with E-state index in [2.05, 4.69) is 17.3 Å². The second-order valence-electron chi connectivity index (χ2n) is 3.59. The van der Waals surface area contributed by atoms with E-state index in [0.29, 0.717) is 6.54 Å². The van der Waals surface area contributed by atoms with Gasteiger partial charge < -0.3 is 11.1 Å². The van der Waals surface area contributed by atoms with Crippen LogP contribution in [0.5, 0.6) is 0 Å². The van der Waals surface area contributed by atoms with E-state index in [1.165, 1.54) is 5.56 Å². The molecule has 1 unspecified atom stereocenters. The minimum Gasteiger partial charge on any atom is -0.329 e. The van der Waals surface area contributed by atoms with Crippen molar-refractivity contribution in [3.05, 3.63) is 17.5 Å². The van der Waals surface area contributed by atoms with Crippen LogP contribution in [0.4, 0.5) is 0 Å². The predicted molar refractivity (Wildman–Crippen MR) is 58.0 cm³/mol. The molecule has 0 radical (unpaired) electrons. The molecule has 0 saturated heterocycles. The molecule has 4 heteroatoms. The Morgan fingerprint density at radius 3 is 2.79 bits per heavy atom. The number of nitrogens with two attached hydrogens (primary N) is 1. The van der Waals surface area contributed by atoms with Crippen molar-refractivity contribution in [3.8, 4) is 0 Å². The molecule has 0 aliphatic heterocycles. The second-order valence-corrected chi connectivity index (χ2v) is 3.59. The molecule has 0 aliphatic rings. The summed E-state index contributed by atoms with van der Waals surface area (Å²) >= 11 is 0. The first kappa shape index (κ1) is 11.2. The normalized spacial score (nSPS) is 13.1. The monoisotopic (exact) mass is 196 g/mol. The van der Waals surface area contributed by atoms with Gasteiger partial charge in [-0.1, -0.05) is 6.92 Å². The van der Waals surface area contributed by atoms with E-state index >= 15 is 0 Å². The Balaban J connectivity index is 2.72. The lowest BCUT2D eigenvalue weighted by Gasteiger charge is -2.15. The SMILES string of the molecule is CCCNC(CN)c1cn(C)nc1C. The van der Waals surface area contributed by atoms with E-state index in [1.54, 1.807) is 0 Å². The topological polar surface area (TPSA) is 55.9 Å². The maximum absolute atomic E-state index is 5.72. The minimum atomic E-state index is 0.239. The average molecular weight is 196 g/mol. The molecule has 14 heavy (non-hydrogen) atoms. The quantitative estimate of drug-likeness (QED) is 0.730. The first-order valence-corrected chi connectivity index (χ1v) is 5.12. The van der Waals surface area contributed by atoms with Crippen molar-refractivity contribution in [2.24, 2.45) is 12.8 Å². The summed E-state index contributed by atoms with van der Waals surface area (Å²) < 4.78 is 1.83. The fourth-order valence-corrected chi connectivity index (χ4v) is 1.60. The van der Waals surface area contributed by atoms with Gasteiger partial charge in [-0.25, -0.2) is 0 Å². The second kappa shape index (κ2) is 5.12. The smallest absolute Gasteiger partial charge is 0.0641 e. The van der Waals surface area contributed by atoms with E-state index in [0.717, 1.165) is 18.7 Å². The minimum absolute atomic E-state index is 0.239. The van der Waals surface area contributed by atoms with Crippen LogP contribution in [0, 0.1) is 6.92 Å². The molecule has 0 aliphatic carbocycles. The standard InChI is InChI=1S/C10H20N4/c1-4-5-12-10(6-11)9-7-14(3)13-8(9)2/h7,10,12H,4-6,11H2,1-3H3. The van der Waals surface area contributed by atoms with Gasteiger partial charge >= 0.3 is 0 Å². The van der Waals surface area contributed by atoms with Gasteiger partial charge in [-0.05, 0) is 19.9 Å². The van der Waals surface area contributed by atoms with Crippen molar-refractivity contribution in [1.82, 2.24) is 15.1 Å². The molecule has 1 atom stereocenters. The molecule has 0 saturated carbocycles. The largest absolute Gasteiger partial charge is 0.329 e. The highest BCUT2D eigenvalue weighted by atomic mass is 15.3. The highest BCUT2D eigenvalue weighted by Crippen LogP contribution is 2.14. The fraction of sp³-hybridized carbons (Fsp3) is 0.700. The zero-order valence-corrected chi connectivity index (χ0v) is 9.25. The number of nitrogens with zero attached hydrogens (tertiary/aromatic N) is 2. The summed E-state index contributed by atoms with van der Waals surface area (Å²) in [7, 11) is 1.93. The highest BCUT2D eigenvalue weighted by Gasteiger charge is 2.13. The van der Waals surface area contributed by atoms with Crippen molar-refractivity contribution in [3.63, 3.8) is 0 Å². The maximum atomic E-state index is 5.72. The van der Waals surface area contributed by atoms with Crippen LogP contribution in [-0.2, 0) is 7.05 Å². The van der Waals surface area contributed by atoms with Crippen molar-refractivity contribution >= 4 is 0 Å². The lowest BCUT2D eigenvalue weighted by molar-refractivity contribution is 0.538. The number of hydrogen-bond donors (Lipinski definition) is 2. The summed E-state index contributed by atoms with van der Waals surface area (Å²) in [6.45, 7) is 5.78. The molecule has 0 amide bonds. The highest BCUT2D eigenvalue weighted by molar-refractivity contribution is 5.20. The Morgan fingerprint density at radius 1 is 1.64 bits per heavy atom. The molecule has 1 heterocycles. The molecule has 1 rings (SSSR count). The third-order valence-electron chi connectivity index (χ3n) is 2.30. The van der Waals surface area contributed by atoms with Crippen molar-refractivity contribution < 1.29 is 0 Å². The summed E-state index contributed by atoms with van der Waals surface area (Å²) in [4.78, 5) is 0. The lowest BCUT2D eigenvalue weighted by Crippen LogP contribution is -2.29. The van der Waals surface area contributed by atoms with Crippen molar-refractivity contribution in [2.75, 3.05) is 13.1 Å². The van der Waals surface area contributed by atoms with Crippen LogP contribution in [-0.4, -0.2) is 22.9 Å². The van der Waals surface area contributed by atoms with E-state index < -0.39 is 0 Å². The Hall–Kier alpha value is -0.870. The predicted octanol–water partition coefficient (Wildman–Crippen LogP) is 0.728. The summed E-state index contributed by atoms with van der Waals surface area (Å²) in [5.74, 6) is 0. The Bertz CT molecular complexity index is 280. The molecular weight excluding hydrogens is 176 g/mol. The zero-order valence-electron chi connectivity index (χ0n) is 9.25. The van der Waals surface area contributed by atoms with Gasteiger partial charge in [-0.3, -0.25) is 4.68 Å². The first-order valence-electron chi connectivity index (χ1n) is 5.12. The molecule has 80 valence electrons. The molecule has 0 aromatic carbocycles. The zero-order chi connectivity index (χ0) is 10.6. The number of nitrogens with one attached hydrogen (secondary N) is 1. The van der Waals surface area contributed by atoms with E-state index in [9.17, 15) is 0 Å². The number of rotatable bonds is 5. The van der Waals surface area contributed by atoms with Gasteiger partial charge in [0.25, 0.3) is 0 Å². The van der Waals surface area contributed by atoms with Crippen molar-refractivity contribution in [2.45, 2.75) is 26.3 Å². The van der Waals surface area contributed by atoms with Crippen LogP contribution >= 0.6 is 0 Å². The number of aryl methyl sites for hydroxylation is 2. The fourth-order valence-electron chi connectivity index (χ4n) is 1.60.